The van der Waals surface area contributed by atoms with Crippen molar-refractivity contribution in [2.75, 3.05) is 24.7 Å². The molecule has 0 radical (unpaired) electrons. The van der Waals surface area contributed by atoms with Crippen LogP contribution in [0.2, 0.25) is 10.0 Å². The van der Waals surface area contributed by atoms with Crippen molar-refractivity contribution in [1.29, 1.82) is 0 Å². The SMILES string of the molecule is COC(=O)c1nccnc1N.COC(=O)c1nccnc1NS(=O)(=O)Cc1cc(C(F)(F)F)ccc1Cl.O=S(=O)(Cl)Cc1cc(C(F)(F)F)ccc1Cl. The monoisotopic (exact) mass is 854 g/mol. The molecular weight excluding hydrogens is 833 g/mol. The molecule has 0 aliphatic heterocycles. The zero-order valence-electron chi connectivity index (χ0n) is 26.5. The third-order valence-corrected chi connectivity index (χ3v) is 8.77. The molecule has 0 aliphatic rings. The van der Waals surface area contributed by atoms with Gasteiger partial charge in [0.05, 0.1) is 36.9 Å². The van der Waals surface area contributed by atoms with E-state index < -0.39 is 77.5 Å². The Labute approximate surface area is 311 Å². The number of anilines is 2. The quantitative estimate of drug-likeness (QED) is 0.116. The lowest BCUT2D eigenvalue weighted by Gasteiger charge is -2.12. The van der Waals surface area contributed by atoms with Crippen LogP contribution in [0.15, 0.2) is 61.2 Å². The average Bonchev–Trinajstić information content (AvgIpc) is 3.05. The predicted octanol–water partition coefficient (Wildman–Crippen LogP) is 6.15. The lowest BCUT2D eigenvalue weighted by atomic mass is 10.1. The summed E-state index contributed by atoms with van der Waals surface area (Å²) in [6, 6.07) is 4.76. The van der Waals surface area contributed by atoms with Crippen molar-refractivity contribution in [1.82, 2.24) is 19.9 Å². The maximum atomic E-state index is 12.8. The van der Waals surface area contributed by atoms with Gasteiger partial charge in [0.15, 0.2) is 23.0 Å². The maximum absolute atomic E-state index is 12.8. The van der Waals surface area contributed by atoms with Crippen LogP contribution in [0.25, 0.3) is 0 Å². The van der Waals surface area contributed by atoms with E-state index in [0.717, 1.165) is 43.8 Å². The second-order valence-electron chi connectivity index (χ2n) is 9.68. The molecule has 53 heavy (non-hydrogen) atoms. The van der Waals surface area contributed by atoms with E-state index in [9.17, 15) is 52.8 Å². The van der Waals surface area contributed by atoms with E-state index in [1.165, 1.54) is 19.5 Å². The van der Waals surface area contributed by atoms with E-state index in [1.807, 2.05) is 4.72 Å². The Morgan fingerprint density at radius 1 is 0.717 bits per heavy atom. The fourth-order valence-corrected chi connectivity index (χ4v) is 6.21. The van der Waals surface area contributed by atoms with Gasteiger partial charge in [0.2, 0.25) is 19.1 Å². The molecule has 0 atom stereocenters. The van der Waals surface area contributed by atoms with Gasteiger partial charge in [-0.2, -0.15) is 26.3 Å². The number of methoxy groups -OCH3 is 2. The van der Waals surface area contributed by atoms with Gasteiger partial charge in [-0.25, -0.2) is 46.4 Å². The van der Waals surface area contributed by atoms with Gasteiger partial charge in [-0.05, 0) is 47.5 Å². The van der Waals surface area contributed by atoms with E-state index >= 15 is 0 Å². The van der Waals surface area contributed by atoms with Gasteiger partial charge >= 0.3 is 24.3 Å². The predicted molar refractivity (Wildman–Crippen MR) is 179 cm³/mol. The molecule has 2 heterocycles. The fourth-order valence-electron chi connectivity index (χ4n) is 3.56. The first-order valence-corrected chi connectivity index (χ1v) is 18.4. The van der Waals surface area contributed by atoms with E-state index in [4.69, 9.17) is 39.6 Å². The van der Waals surface area contributed by atoms with Gasteiger partial charge < -0.3 is 15.2 Å². The Morgan fingerprint density at radius 2 is 1.13 bits per heavy atom. The number of esters is 2. The minimum absolute atomic E-state index is 0.0509. The number of carbonyl (C=O) groups excluding carboxylic acids is 2. The number of hydrogen-bond donors (Lipinski definition) is 2. The summed E-state index contributed by atoms with van der Waals surface area (Å²) in [5, 5.41) is -0.229. The number of nitrogens with zero attached hydrogens (tertiary/aromatic N) is 4. The third-order valence-electron chi connectivity index (χ3n) is 5.85. The molecule has 0 fully saturated rings. The molecule has 0 saturated carbocycles. The first-order valence-electron chi connectivity index (χ1n) is 13.6. The highest BCUT2D eigenvalue weighted by atomic mass is 35.7. The highest BCUT2D eigenvalue weighted by molar-refractivity contribution is 8.13. The average molecular weight is 856 g/mol. The van der Waals surface area contributed by atoms with Crippen molar-refractivity contribution in [2.45, 2.75) is 23.9 Å². The largest absolute Gasteiger partial charge is 0.464 e. The lowest BCUT2D eigenvalue weighted by Crippen LogP contribution is -2.20. The number of rotatable bonds is 8. The van der Waals surface area contributed by atoms with Crippen LogP contribution in [-0.4, -0.2) is 62.9 Å². The standard InChI is InChI=1S/C14H11ClF3N3O4S.C8H5Cl2F3O2S.C6H7N3O2/c1-25-13(22)11-12(20-5-4-19-11)21-26(23,24)7-8-6-9(14(16,17)18)2-3-10(8)15;9-7-2-1-6(8(11,12)13)3-5(7)4-16(10,14)15;1-11-6(10)4-5(7)9-3-2-8-4/h2-6H,7H2,1H3,(H,20,21);1-3H,4H2;2-3H,1H3,(H2,7,9). The van der Waals surface area contributed by atoms with Crippen molar-refractivity contribution in [3.63, 3.8) is 0 Å². The molecule has 0 amide bonds. The summed E-state index contributed by atoms with van der Waals surface area (Å²) in [7, 11) is -0.924. The molecular formula is C28H23Cl3F6N6O8S2. The van der Waals surface area contributed by atoms with Crippen LogP contribution in [-0.2, 0) is 52.4 Å². The molecule has 2 aromatic carbocycles. The number of hydrogen-bond acceptors (Lipinski definition) is 13. The number of halogens is 9. The minimum Gasteiger partial charge on any atom is -0.464 e. The number of alkyl halides is 6. The van der Waals surface area contributed by atoms with E-state index in [1.54, 1.807) is 0 Å². The number of nitrogen functional groups attached to an aromatic ring is 1. The Hall–Kier alpha value is -4.51. The minimum atomic E-state index is -4.65. The van der Waals surface area contributed by atoms with Crippen LogP contribution in [0, 0.1) is 0 Å². The Bertz CT molecular complexity index is 2160. The second kappa shape index (κ2) is 18.5. The van der Waals surface area contributed by atoms with Crippen LogP contribution >= 0.6 is 33.9 Å². The zero-order valence-corrected chi connectivity index (χ0v) is 30.4. The van der Waals surface area contributed by atoms with Gasteiger partial charge in [-0.15, -0.1) is 0 Å². The molecule has 0 aliphatic carbocycles. The Morgan fingerprint density at radius 3 is 1.57 bits per heavy atom. The van der Waals surface area contributed by atoms with Crippen LogP contribution < -0.4 is 10.5 Å². The summed E-state index contributed by atoms with van der Waals surface area (Å²) in [5.41, 5.74) is 2.53. The van der Waals surface area contributed by atoms with Gasteiger partial charge in [-0.1, -0.05) is 23.2 Å². The molecule has 25 heteroatoms. The summed E-state index contributed by atoms with van der Waals surface area (Å²) >= 11 is 11.4. The topological polar surface area (TPSA) is 210 Å². The third kappa shape index (κ3) is 14.4. The molecule has 288 valence electrons. The highest BCUT2D eigenvalue weighted by Gasteiger charge is 2.32. The van der Waals surface area contributed by atoms with Crippen molar-refractivity contribution in [3.05, 3.63) is 105 Å². The maximum Gasteiger partial charge on any atom is 0.416 e. The van der Waals surface area contributed by atoms with Gasteiger partial charge in [-0.3, -0.25) is 4.72 Å². The number of carbonyl (C=O) groups is 2. The normalized spacial score (nSPS) is 11.6. The molecule has 4 rings (SSSR count). The number of aromatic nitrogens is 4. The lowest BCUT2D eigenvalue weighted by molar-refractivity contribution is -0.138. The van der Waals surface area contributed by atoms with E-state index in [2.05, 4.69) is 29.4 Å². The first kappa shape index (κ1) is 44.7. The first-order chi connectivity index (χ1) is 24.4. The summed E-state index contributed by atoms with van der Waals surface area (Å²) < 4.78 is 132. The van der Waals surface area contributed by atoms with Crippen LogP contribution in [0.4, 0.5) is 38.0 Å². The second-order valence-corrected chi connectivity index (χ2v) is 15.0. The van der Waals surface area contributed by atoms with Crippen molar-refractivity contribution >= 4 is 76.5 Å². The summed E-state index contributed by atoms with van der Waals surface area (Å²) in [6.07, 6.45) is -4.14. The Kier molecular flexibility index (Phi) is 15.6. The fraction of sp³-hybridized carbons (Fsp3) is 0.214. The van der Waals surface area contributed by atoms with Gasteiger partial charge in [0.25, 0.3) is 0 Å². The molecule has 0 saturated heterocycles. The van der Waals surface area contributed by atoms with Crippen LogP contribution in [0.3, 0.4) is 0 Å². The smallest absolute Gasteiger partial charge is 0.416 e. The van der Waals surface area contributed by atoms with Crippen LogP contribution in [0.5, 0.6) is 0 Å². The van der Waals surface area contributed by atoms with Crippen LogP contribution in [0.1, 0.15) is 43.2 Å². The molecule has 14 nitrogen and oxygen atoms in total. The molecule has 2 aromatic heterocycles. The van der Waals surface area contributed by atoms with Crippen molar-refractivity contribution in [2.24, 2.45) is 0 Å². The summed E-state index contributed by atoms with van der Waals surface area (Å²) in [4.78, 5) is 37.1. The van der Waals surface area contributed by atoms with E-state index in [-0.39, 0.29) is 32.7 Å². The molecule has 0 unspecified atom stereocenters. The zero-order chi connectivity index (χ0) is 40.4. The number of nitrogens with two attached hydrogens (primary N) is 1. The number of benzene rings is 2. The van der Waals surface area contributed by atoms with Gasteiger partial charge in [0.1, 0.15) is 0 Å². The summed E-state index contributed by atoms with van der Waals surface area (Å²) in [6.45, 7) is 0. The number of ether oxygens (including phenoxy) is 2. The highest BCUT2D eigenvalue weighted by Crippen LogP contribution is 2.34. The Balaban J connectivity index is 0.000000305. The number of sulfonamides is 1. The molecule has 0 spiro atoms. The summed E-state index contributed by atoms with van der Waals surface area (Å²) in [5.74, 6) is -3.45. The van der Waals surface area contributed by atoms with Gasteiger partial charge in [0, 0.05) is 45.5 Å². The van der Waals surface area contributed by atoms with Crippen molar-refractivity contribution < 1.29 is 62.2 Å². The molecule has 0 bridgehead atoms. The molecule has 3 N–H and O–H groups in total. The number of nitrogens with one attached hydrogen (secondary N) is 1. The van der Waals surface area contributed by atoms with E-state index in [0.29, 0.717) is 12.1 Å². The van der Waals surface area contributed by atoms with Crippen molar-refractivity contribution in [3.8, 4) is 0 Å². The molecule has 4 aromatic rings.